The largest absolute Gasteiger partial charge is 0.481 e. The van der Waals surface area contributed by atoms with Crippen LogP contribution in [0.25, 0.3) is 0 Å². The first-order chi connectivity index (χ1) is 9.43. The van der Waals surface area contributed by atoms with Gasteiger partial charge in [0.2, 0.25) is 0 Å². The van der Waals surface area contributed by atoms with Crippen LogP contribution in [0, 0.1) is 5.41 Å². The maximum absolute atomic E-state index is 11.6. The summed E-state index contributed by atoms with van der Waals surface area (Å²) in [7, 11) is -3.97. The molecule has 0 rings (SSSR count). The molecule has 9 heteroatoms. The van der Waals surface area contributed by atoms with Crippen molar-refractivity contribution in [2.75, 3.05) is 6.54 Å². The van der Waals surface area contributed by atoms with Crippen molar-refractivity contribution in [2.45, 2.75) is 53.1 Å². The summed E-state index contributed by atoms with van der Waals surface area (Å²) in [5.41, 5.74) is -0.320. The number of ether oxygens (including phenoxy) is 1. The Labute approximate surface area is 125 Å². The Kier molecular flexibility index (Phi) is 7.65. The number of amides is 1. The van der Waals surface area contributed by atoms with E-state index in [1.807, 2.05) is 13.8 Å². The van der Waals surface area contributed by atoms with Crippen molar-refractivity contribution >= 4 is 22.3 Å². The second-order valence-corrected chi connectivity index (χ2v) is 7.26. The third-order valence-corrected chi connectivity index (χ3v) is 3.69. The van der Waals surface area contributed by atoms with Crippen LogP contribution < -0.4 is 9.44 Å². The number of carbonyl (C=O) groups excluding carboxylic acids is 1. The fraction of sp³-hybridized carbons (Fsp3) is 0.833. The number of nitrogens with one attached hydrogen (secondary N) is 2. The van der Waals surface area contributed by atoms with Crippen LogP contribution in [-0.2, 0) is 19.7 Å². The zero-order chi connectivity index (χ0) is 16.7. The molecule has 0 spiro atoms. The molecule has 0 aromatic carbocycles. The van der Waals surface area contributed by atoms with Crippen LogP contribution >= 0.6 is 0 Å². The molecule has 0 heterocycles. The Hall–Kier alpha value is -1.35. The molecule has 0 unspecified atom stereocenters. The summed E-state index contributed by atoms with van der Waals surface area (Å²) in [6.07, 6.45) is -0.552. The number of hydrogen-bond acceptors (Lipinski definition) is 5. The minimum absolute atomic E-state index is 0.0265. The fourth-order valence-electron chi connectivity index (χ4n) is 1.48. The molecule has 1 amide bonds. The number of rotatable bonds is 9. The average Bonchev–Trinajstić information content (AvgIpc) is 2.23. The van der Waals surface area contributed by atoms with Crippen LogP contribution in [0.1, 0.15) is 47.0 Å². The van der Waals surface area contributed by atoms with Crippen molar-refractivity contribution in [3.05, 3.63) is 0 Å². The van der Waals surface area contributed by atoms with E-state index in [-0.39, 0.29) is 18.4 Å². The SMILES string of the molecule is CC(C)OC(=O)NS(=O)(=O)NCCC(C)(C)CCC(=O)O. The van der Waals surface area contributed by atoms with Gasteiger partial charge in [0.15, 0.2) is 0 Å². The summed E-state index contributed by atoms with van der Waals surface area (Å²) in [5, 5.41) is 8.63. The molecule has 21 heavy (non-hydrogen) atoms. The van der Waals surface area contributed by atoms with Crippen molar-refractivity contribution in [1.82, 2.24) is 9.44 Å². The number of carbonyl (C=O) groups is 2. The molecule has 0 fully saturated rings. The van der Waals surface area contributed by atoms with E-state index in [4.69, 9.17) is 5.11 Å². The third-order valence-electron chi connectivity index (χ3n) is 2.67. The van der Waals surface area contributed by atoms with Crippen LogP contribution in [0.4, 0.5) is 4.79 Å². The van der Waals surface area contributed by atoms with Crippen molar-refractivity contribution < 1.29 is 27.9 Å². The molecule has 0 aliphatic heterocycles. The summed E-state index contributed by atoms with van der Waals surface area (Å²) < 4.78 is 31.7. The molecule has 0 saturated carbocycles. The standard InChI is InChI=1S/C12H24N2O6S/c1-9(2)20-11(17)14-21(18,19)13-8-7-12(3,4)6-5-10(15)16/h9,13H,5-8H2,1-4H3,(H,14,17)(H,15,16). The van der Waals surface area contributed by atoms with Gasteiger partial charge < -0.3 is 9.84 Å². The molecule has 124 valence electrons. The highest BCUT2D eigenvalue weighted by molar-refractivity contribution is 7.88. The van der Waals surface area contributed by atoms with Gasteiger partial charge in [-0.05, 0) is 32.1 Å². The van der Waals surface area contributed by atoms with E-state index in [9.17, 15) is 18.0 Å². The van der Waals surface area contributed by atoms with Crippen LogP contribution in [0.2, 0.25) is 0 Å². The van der Waals surface area contributed by atoms with Gasteiger partial charge in [0, 0.05) is 13.0 Å². The van der Waals surface area contributed by atoms with E-state index in [0.717, 1.165) is 0 Å². The molecular weight excluding hydrogens is 300 g/mol. The molecular formula is C12H24N2O6S. The van der Waals surface area contributed by atoms with Crippen LogP contribution in [0.5, 0.6) is 0 Å². The molecule has 8 nitrogen and oxygen atoms in total. The predicted octanol–water partition coefficient (Wildman–Crippen LogP) is 1.24. The molecule has 3 N–H and O–H groups in total. The summed E-state index contributed by atoms with van der Waals surface area (Å²) in [6.45, 7) is 7.00. The van der Waals surface area contributed by atoms with Crippen LogP contribution in [0.3, 0.4) is 0 Å². The summed E-state index contributed by atoms with van der Waals surface area (Å²) in [4.78, 5) is 21.7. The maximum atomic E-state index is 11.6. The quantitative estimate of drug-likeness (QED) is 0.586. The highest BCUT2D eigenvalue weighted by atomic mass is 32.2. The number of hydrogen-bond donors (Lipinski definition) is 3. The van der Waals surface area contributed by atoms with Gasteiger partial charge in [-0.25, -0.2) is 9.52 Å². The summed E-state index contributed by atoms with van der Waals surface area (Å²) in [5.74, 6) is -0.887. The minimum atomic E-state index is -3.97. The molecule has 0 radical (unpaired) electrons. The lowest BCUT2D eigenvalue weighted by molar-refractivity contribution is -0.137. The molecule has 0 aliphatic rings. The number of carboxylic acid groups (broad SMARTS) is 1. The first-order valence-electron chi connectivity index (χ1n) is 6.63. The lowest BCUT2D eigenvalue weighted by atomic mass is 9.84. The van der Waals surface area contributed by atoms with E-state index in [2.05, 4.69) is 9.46 Å². The Morgan fingerprint density at radius 3 is 2.29 bits per heavy atom. The zero-order valence-electron chi connectivity index (χ0n) is 12.8. The van der Waals surface area contributed by atoms with Crippen molar-refractivity contribution in [2.24, 2.45) is 5.41 Å². The molecule has 0 aromatic rings. The summed E-state index contributed by atoms with van der Waals surface area (Å²) >= 11 is 0. The normalized spacial score (nSPS) is 12.2. The zero-order valence-corrected chi connectivity index (χ0v) is 13.6. The van der Waals surface area contributed by atoms with Gasteiger partial charge >= 0.3 is 22.3 Å². The van der Waals surface area contributed by atoms with Gasteiger partial charge in [-0.3, -0.25) is 4.79 Å². The van der Waals surface area contributed by atoms with Crippen LogP contribution in [0.15, 0.2) is 0 Å². The molecule has 0 saturated heterocycles. The minimum Gasteiger partial charge on any atom is -0.481 e. The average molecular weight is 324 g/mol. The Morgan fingerprint density at radius 2 is 1.81 bits per heavy atom. The maximum Gasteiger partial charge on any atom is 0.422 e. The first-order valence-corrected chi connectivity index (χ1v) is 8.12. The first kappa shape index (κ1) is 19.7. The van der Waals surface area contributed by atoms with E-state index in [1.165, 1.54) is 0 Å². The smallest absolute Gasteiger partial charge is 0.422 e. The molecule has 0 aromatic heterocycles. The monoisotopic (exact) mass is 324 g/mol. The van der Waals surface area contributed by atoms with Gasteiger partial charge in [-0.2, -0.15) is 13.1 Å². The van der Waals surface area contributed by atoms with E-state index in [0.29, 0.717) is 12.8 Å². The molecule has 0 bridgehead atoms. The Balaban J connectivity index is 4.20. The fourth-order valence-corrected chi connectivity index (χ4v) is 2.19. The van der Waals surface area contributed by atoms with Gasteiger partial charge in [-0.1, -0.05) is 13.8 Å². The van der Waals surface area contributed by atoms with Gasteiger partial charge in [0.25, 0.3) is 0 Å². The van der Waals surface area contributed by atoms with Crippen molar-refractivity contribution in [3.63, 3.8) is 0 Å². The van der Waals surface area contributed by atoms with Crippen LogP contribution in [-0.4, -0.2) is 38.2 Å². The van der Waals surface area contributed by atoms with E-state index >= 15 is 0 Å². The lowest BCUT2D eigenvalue weighted by Crippen LogP contribution is -2.42. The Morgan fingerprint density at radius 1 is 1.24 bits per heavy atom. The second-order valence-electron chi connectivity index (χ2n) is 5.76. The van der Waals surface area contributed by atoms with E-state index in [1.54, 1.807) is 18.6 Å². The number of aliphatic carboxylic acids is 1. The van der Waals surface area contributed by atoms with Crippen molar-refractivity contribution in [1.29, 1.82) is 0 Å². The van der Waals surface area contributed by atoms with Gasteiger partial charge in [0.05, 0.1) is 6.10 Å². The topological polar surface area (TPSA) is 122 Å². The lowest BCUT2D eigenvalue weighted by Gasteiger charge is -2.23. The number of carboxylic acids is 1. The van der Waals surface area contributed by atoms with E-state index < -0.39 is 28.4 Å². The summed E-state index contributed by atoms with van der Waals surface area (Å²) in [6, 6.07) is 0. The molecule has 0 aliphatic carbocycles. The predicted molar refractivity (Wildman–Crippen MR) is 76.9 cm³/mol. The van der Waals surface area contributed by atoms with Crippen molar-refractivity contribution in [3.8, 4) is 0 Å². The third kappa shape index (κ3) is 11.0. The van der Waals surface area contributed by atoms with Gasteiger partial charge in [0.1, 0.15) is 0 Å². The molecule has 0 atom stereocenters. The highest BCUT2D eigenvalue weighted by Gasteiger charge is 2.21. The Bertz CT molecular complexity index is 458. The van der Waals surface area contributed by atoms with Gasteiger partial charge in [-0.15, -0.1) is 0 Å². The highest BCUT2D eigenvalue weighted by Crippen LogP contribution is 2.26. The second kappa shape index (κ2) is 8.18.